The molecule has 0 spiro atoms. The normalized spacial score (nSPS) is 9.96. The molecule has 2 aromatic carbocycles. The number of nitrogens with one attached hydrogen (secondary N) is 1. The molecule has 1 amide bonds. The highest BCUT2D eigenvalue weighted by Gasteiger charge is 2.12. The van der Waals surface area contributed by atoms with E-state index < -0.39 is 0 Å². The fourth-order valence-electron chi connectivity index (χ4n) is 2.37. The number of benzene rings is 2. The van der Waals surface area contributed by atoms with Gasteiger partial charge in [-0.25, -0.2) is 0 Å². The second-order valence-electron chi connectivity index (χ2n) is 5.33. The summed E-state index contributed by atoms with van der Waals surface area (Å²) < 4.78 is 21.3. The Hall–Kier alpha value is -3.15. The zero-order chi connectivity index (χ0) is 18.9. The number of methoxy groups -OCH3 is 3. The number of carbonyl (C=O) groups is 1. The van der Waals surface area contributed by atoms with Crippen molar-refractivity contribution in [2.75, 3.05) is 27.9 Å². The van der Waals surface area contributed by atoms with Crippen LogP contribution in [0.25, 0.3) is 0 Å². The molecule has 0 aromatic heterocycles. The van der Waals surface area contributed by atoms with Gasteiger partial charge in [-0.15, -0.1) is 0 Å². The number of hydrogen-bond acceptors (Lipinski definition) is 5. The molecule has 0 unspecified atom stereocenters. The van der Waals surface area contributed by atoms with Crippen LogP contribution in [0.3, 0.4) is 0 Å². The first-order valence-corrected chi connectivity index (χ1v) is 8.03. The van der Waals surface area contributed by atoms with E-state index in [0.717, 1.165) is 5.56 Å². The Morgan fingerprint density at radius 1 is 1.00 bits per heavy atom. The van der Waals surface area contributed by atoms with Crippen LogP contribution in [-0.2, 0) is 6.54 Å². The van der Waals surface area contributed by atoms with Gasteiger partial charge >= 0.3 is 0 Å². The third-order valence-corrected chi connectivity index (χ3v) is 3.71. The van der Waals surface area contributed by atoms with Crippen molar-refractivity contribution in [2.45, 2.75) is 6.54 Å². The molecule has 0 atom stereocenters. The summed E-state index contributed by atoms with van der Waals surface area (Å²) in [6, 6.07) is 10.4. The van der Waals surface area contributed by atoms with E-state index in [1.165, 1.54) is 7.11 Å². The summed E-state index contributed by atoms with van der Waals surface area (Å²) in [5.41, 5.74) is 1.28. The van der Waals surface area contributed by atoms with Crippen molar-refractivity contribution >= 4 is 5.91 Å². The maximum absolute atomic E-state index is 12.5. The SMILES string of the molecule is C=CCOc1ccc(C(=O)NCc2cc(OC)ccc2OC)cc1OC. The predicted molar refractivity (Wildman–Crippen MR) is 99.4 cm³/mol. The van der Waals surface area contributed by atoms with Crippen LogP contribution in [0.15, 0.2) is 49.1 Å². The summed E-state index contributed by atoms with van der Waals surface area (Å²) >= 11 is 0. The maximum atomic E-state index is 12.5. The Balaban J connectivity index is 2.11. The van der Waals surface area contributed by atoms with E-state index in [0.29, 0.717) is 41.7 Å². The van der Waals surface area contributed by atoms with Gasteiger partial charge in [0, 0.05) is 17.7 Å². The van der Waals surface area contributed by atoms with Crippen molar-refractivity contribution < 1.29 is 23.7 Å². The number of carbonyl (C=O) groups excluding carboxylic acids is 1. The highest BCUT2D eigenvalue weighted by Crippen LogP contribution is 2.28. The molecule has 6 heteroatoms. The second kappa shape index (κ2) is 9.36. The van der Waals surface area contributed by atoms with E-state index in [4.69, 9.17) is 18.9 Å². The van der Waals surface area contributed by atoms with Gasteiger partial charge in [-0.3, -0.25) is 4.79 Å². The summed E-state index contributed by atoms with van der Waals surface area (Å²) in [6.45, 7) is 4.27. The molecule has 138 valence electrons. The lowest BCUT2D eigenvalue weighted by molar-refractivity contribution is 0.0950. The van der Waals surface area contributed by atoms with Gasteiger partial charge in [0.25, 0.3) is 5.91 Å². The molecule has 0 saturated carbocycles. The molecule has 0 radical (unpaired) electrons. The first kappa shape index (κ1) is 19.2. The van der Waals surface area contributed by atoms with E-state index in [9.17, 15) is 4.79 Å². The lowest BCUT2D eigenvalue weighted by atomic mass is 10.1. The van der Waals surface area contributed by atoms with Gasteiger partial charge in [0.1, 0.15) is 18.1 Å². The summed E-state index contributed by atoms with van der Waals surface area (Å²) in [7, 11) is 4.70. The fourth-order valence-corrected chi connectivity index (χ4v) is 2.37. The van der Waals surface area contributed by atoms with Gasteiger partial charge < -0.3 is 24.3 Å². The molecular weight excluding hydrogens is 334 g/mol. The largest absolute Gasteiger partial charge is 0.497 e. The molecular formula is C20H23NO5. The standard InChI is InChI=1S/C20H23NO5/c1-5-10-26-18-8-6-14(12-19(18)25-4)20(22)21-13-15-11-16(23-2)7-9-17(15)24-3/h5-9,11-12H,1,10,13H2,2-4H3,(H,21,22). The van der Waals surface area contributed by atoms with Gasteiger partial charge in [0.05, 0.1) is 21.3 Å². The Labute approximate surface area is 153 Å². The smallest absolute Gasteiger partial charge is 0.251 e. The van der Waals surface area contributed by atoms with Crippen LogP contribution in [0.1, 0.15) is 15.9 Å². The lowest BCUT2D eigenvalue weighted by Gasteiger charge is -2.13. The van der Waals surface area contributed by atoms with Crippen molar-refractivity contribution in [1.82, 2.24) is 5.32 Å². The molecule has 0 aliphatic carbocycles. The zero-order valence-electron chi connectivity index (χ0n) is 15.2. The number of ether oxygens (including phenoxy) is 4. The van der Waals surface area contributed by atoms with Gasteiger partial charge in [-0.2, -0.15) is 0 Å². The van der Waals surface area contributed by atoms with Gasteiger partial charge in [-0.1, -0.05) is 12.7 Å². The molecule has 2 aromatic rings. The summed E-state index contributed by atoms with van der Waals surface area (Å²) in [5.74, 6) is 2.18. The van der Waals surface area contributed by atoms with Gasteiger partial charge in [0.15, 0.2) is 11.5 Å². The Morgan fingerprint density at radius 2 is 1.73 bits per heavy atom. The summed E-state index contributed by atoms with van der Waals surface area (Å²) in [5, 5.41) is 2.87. The van der Waals surface area contributed by atoms with Crippen molar-refractivity contribution in [2.24, 2.45) is 0 Å². The number of hydrogen-bond donors (Lipinski definition) is 1. The molecule has 26 heavy (non-hydrogen) atoms. The third kappa shape index (κ3) is 4.69. The maximum Gasteiger partial charge on any atom is 0.251 e. The van der Waals surface area contributed by atoms with Gasteiger partial charge in [0.2, 0.25) is 0 Å². The average Bonchev–Trinajstić information content (AvgIpc) is 2.69. The van der Waals surface area contributed by atoms with Crippen molar-refractivity contribution in [3.8, 4) is 23.0 Å². The molecule has 0 fully saturated rings. The first-order chi connectivity index (χ1) is 12.6. The van der Waals surface area contributed by atoms with Crippen LogP contribution in [-0.4, -0.2) is 33.8 Å². The molecule has 0 aliphatic heterocycles. The highest BCUT2D eigenvalue weighted by atomic mass is 16.5. The van der Waals surface area contributed by atoms with Crippen LogP contribution in [0, 0.1) is 0 Å². The van der Waals surface area contributed by atoms with Crippen LogP contribution in [0.5, 0.6) is 23.0 Å². The van der Waals surface area contributed by atoms with E-state index in [2.05, 4.69) is 11.9 Å². The van der Waals surface area contributed by atoms with E-state index in [1.807, 2.05) is 6.07 Å². The number of rotatable bonds is 9. The minimum Gasteiger partial charge on any atom is -0.497 e. The van der Waals surface area contributed by atoms with E-state index in [-0.39, 0.29) is 5.91 Å². The van der Waals surface area contributed by atoms with Crippen molar-refractivity contribution in [1.29, 1.82) is 0 Å². The molecule has 1 N–H and O–H groups in total. The fraction of sp³-hybridized carbons (Fsp3) is 0.250. The van der Waals surface area contributed by atoms with Crippen molar-refractivity contribution in [3.63, 3.8) is 0 Å². The van der Waals surface area contributed by atoms with Crippen LogP contribution in [0.2, 0.25) is 0 Å². The molecule has 2 rings (SSSR count). The van der Waals surface area contributed by atoms with E-state index in [1.54, 1.807) is 50.6 Å². The molecule has 6 nitrogen and oxygen atoms in total. The third-order valence-electron chi connectivity index (χ3n) is 3.71. The predicted octanol–water partition coefficient (Wildman–Crippen LogP) is 3.21. The lowest BCUT2D eigenvalue weighted by Crippen LogP contribution is -2.23. The van der Waals surface area contributed by atoms with Crippen LogP contribution in [0.4, 0.5) is 0 Å². The highest BCUT2D eigenvalue weighted by molar-refractivity contribution is 5.94. The minimum absolute atomic E-state index is 0.233. The zero-order valence-corrected chi connectivity index (χ0v) is 15.2. The summed E-state index contributed by atoms with van der Waals surface area (Å²) in [4.78, 5) is 12.5. The number of amides is 1. The molecule has 0 aliphatic rings. The Bertz CT molecular complexity index is 773. The van der Waals surface area contributed by atoms with E-state index >= 15 is 0 Å². The Morgan fingerprint density at radius 3 is 2.38 bits per heavy atom. The van der Waals surface area contributed by atoms with Gasteiger partial charge in [-0.05, 0) is 36.4 Å². The quantitative estimate of drug-likeness (QED) is 0.698. The summed E-state index contributed by atoms with van der Waals surface area (Å²) in [6.07, 6.45) is 1.64. The Kier molecular flexibility index (Phi) is 6.91. The topological polar surface area (TPSA) is 66.0 Å². The second-order valence-corrected chi connectivity index (χ2v) is 5.33. The average molecular weight is 357 g/mol. The van der Waals surface area contributed by atoms with Crippen molar-refractivity contribution in [3.05, 3.63) is 60.2 Å². The molecule has 0 saturated heterocycles. The van der Waals surface area contributed by atoms with Crippen LogP contribution < -0.4 is 24.3 Å². The molecule has 0 bridgehead atoms. The van der Waals surface area contributed by atoms with Crippen LogP contribution >= 0.6 is 0 Å². The minimum atomic E-state index is -0.233. The first-order valence-electron chi connectivity index (χ1n) is 8.03. The molecule has 0 heterocycles. The monoisotopic (exact) mass is 357 g/mol.